The first-order valence-corrected chi connectivity index (χ1v) is 9.14. The lowest BCUT2D eigenvalue weighted by molar-refractivity contribution is -0.116. The first kappa shape index (κ1) is 16.9. The van der Waals surface area contributed by atoms with E-state index in [1.165, 1.54) is 0 Å². The van der Waals surface area contributed by atoms with Gasteiger partial charge in [0.25, 0.3) is 0 Å². The molecule has 0 aromatic heterocycles. The van der Waals surface area contributed by atoms with E-state index in [1.54, 1.807) is 14.2 Å². The van der Waals surface area contributed by atoms with E-state index in [4.69, 9.17) is 9.47 Å². The summed E-state index contributed by atoms with van der Waals surface area (Å²) in [7, 11) is 3.22. The molecule has 0 saturated heterocycles. The van der Waals surface area contributed by atoms with Crippen LogP contribution in [0.15, 0.2) is 53.0 Å². The number of nitrogens with one attached hydrogen (secondary N) is 1. The molecule has 1 N–H and O–H groups in total. The lowest BCUT2D eigenvalue weighted by Gasteiger charge is -2.28. The molecular weight excluding hydrogens is 394 g/mol. The fourth-order valence-corrected chi connectivity index (χ4v) is 4.26. The van der Waals surface area contributed by atoms with Gasteiger partial charge in [0.1, 0.15) is 0 Å². The van der Waals surface area contributed by atoms with Crippen LogP contribution in [0.2, 0.25) is 0 Å². The predicted octanol–water partition coefficient (Wildman–Crippen LogP) is 5.09. The number of benzene rings is 3. The quantitative estimate of drug-likeness (QED) is 0.652. The highest BCUT2D eigenvalue weighted by Gasteiger charge is 2.29. The van der Waals surface area contributed by atoms with Gasteiger partial charge in [0.15, 0.2) is 11.5 Å². The number of halogens is 1. The van der Waals surface area contributed by atoms with Crippen LogP contribution in [0.3, 0.4) is 0 Å². The standard InChI is InChI=1S/C21H18BrNO3/c1-25-18-10-13(9-17(22)21(18)26-2)16-11-19(24)23-20-14-6-4-3-5-12(14)7-8-15(16)20/h3-10,16H,11H2,1-2H3,(H,23,24)/t16-/m1/s1. The molecule has 1 atom stereocenters. The van der Waals surface area contributed by atoms with Gasteiger partial charge in [0.05, 0.1) is 24.4 Å². The fraction of sp³-hybridized carbons (Fsp3) is 0.190. The minimum atomic E-state index is -0.0422. The summed E-state index contributed by atoms with van der Waals surface area (Å²) in [6, 6.07) is 16.3. The first-order valence-electron chi connectivity index (χ1n) is 8.35. The zero-order valence-corrected chi connectivity index (χ0v) is 16.1. The van der Waals surface area contributed by atoms with Crippen LogP contribution in [0, 0.1) is 0 Å². The molecule has 1 heterocycles. The summed E-state index contributed by atoms with van der Waals surface area (Å²) in [5.41, 5.74) is 3.03. The van der Waals surface area contributed by atoms with Crippen LogP contribution in [-0.4, -0.2) is 20.1 Å². The molecule has 0 spiro atoms. The minimum Gasteiger partial charge on any atom is -0.493 e. The molecule has 1 aliphatic rings. The smallest absolute Gasteiger partial charge is 0.225 e. The van der Waals surface area contributed by atoms with Crippen molar-refractivity contribution in [3.8, 4) is 11.5 Å². The van der Waals surface area contributed by atoms with Crippen LogP contribution >= 0.6 is 15.9 Å². The molecule has 0 aliphatic carbocycles. The highest BCUT2D eigenvalue weighted by atomic mass is 79.9. The Morgan fingerprint density at radius 1 is 1.08 bits per heavy atom. The van der Waals surface area contributed by atoms with E-state index in [2.05, 4.69) is 39.4 Å². The Hall–Kier alpha value is -2.53. The van der Waals surface area contributed by atoms with E-state index in [0.29, 0.717) is 17.9 Å². The molecule has 4 nitrogen and oxygen atoms in total. The highest BCUT2D eigenvalue weighted by Crippen LogP contribution is 2.45. The van der Waals surface area contributed by atoms with Gasteiger partial charge >= 0.3 is 0 Å². The molecule has 1 amide bonds. The van der Waals surface area contributed by atoms with Gasteiger partial charge in [-0.05, 0) is 44.6 Å². The molecule has 3 aromatic rings. The zero-order valence-electron chi connectivity index (χ0n) is 14.5. The van der Waals surface area contributed by atoms with Crippen molar-refractivity contribution in [1.82, 2.24) is 0 Å². The average Bonchev–Trinajstić information content (AvgIpc) is 2.66. The van der Waals surface area contributed by atoms with Crippen LogP contribution in [-0.2, 0) is 4.79 Å². The number of methoxy groups -OCH3 is 2. The predicted molar refractivity (Wildman–Crippen MR) is 106 cm³/mol. The third kappa shape index (κ3) is 2.72. The highest BCUT2D eigenvalue weighted by molar-refractivity contribution is 9.10. The maximum absolute atomic E-state index is 12.4. The summed E-state index contributed by atoms with van der Waals surface area (Å²) in [4.78, 5) is 12.4. The van der Waals surface area contributed by atoms with Crippen molar-refractivity contribution in [2.75, 3.05) is 19.5 Å². The number of hydrogen-bond donors (Lipinski definition) is 1. The number of carbonyl (C=O) groups excluding carboxylic acids is 1. The maximum Gasteiger partial charge on any atom is 0.225 e. The summed E-state index contributed by atoms with van der Waals surface area (Å²) in [5.74, 6) is 1.27. The molecular formula is C21H18BrNO3. The number of hydrogen-bond acceptors (Lipinski definition) is 3. The van der Waals surface area contributed by atoms with Crippen molar-refractivity contribution < 1.29 is 14.3 Å². The van der Waals surface area contributed by atoms with Crippen LogP contribution < -0.4 is 14.8 Å². The van der Waals surface area contributed by atoms with Gasteiger partial charge in [-0.15, -0.1) is 0 Å². The van der Waals surface area contributed by atoms with Crippen LogP contribution in [0.25, 0.3) is 10.8 Å². The summed E-state index contributed by atoms with van der Waals surface area (Å²) in [6.07, 6.45) is 0.396. The number of ether oxygens (including phenoxy) is 2. The molecule has 0 fully saturated rings. The fourth-order valence-electron chi connectivity index (χ4n) is 3.64. The molecule has 0 radical (unpaired) electrons. The summed E-state index contributed by atoms with van der Waals surface area (Å²) < 4.78 is 11.7. The van der Waals surface area contributed by atoms with Gasteiger partial charge in [0, 0.05) is 17.7 Å². The Labute approximate surface area is 160 Å². The average molecular weight is 412 g/mol. The van der Waals surface area contributed by atoms with Crippen LogP contribution in [0.5, 0.6) is 11.5 Å². The van der Waals surface area contributed by atoms with Crippen molar-refractivity contribution >= 4 is 38.3 Å². The largest absolute Gasteiger partial charge is 0.493 e. The lowest BCUT2D eigenvalue weighted by atomic mass is 9.83. The van der Waals surface area contributed by atoms with Crippen LogP contribution in [0.1, 0.15) is 23.5 Å². The van der Waals surface area contributed by atoms with Crippen molar-refractivity contribution in [3.63, 3.8) is 0 Å². The van der Waals surface area contributed by atoms with Gasteiger partial charge in [-0.1, -0.05) is 36.4 Å². The Kier molecular flexibility index (Phi) is 4.32. The van der Waals surface area contributed by atoms with Crippen molar-refractivity contribution in [1.29, 1.82) is 0 Å². The number of carbonyl (C=O) groups is 1. The van der Waals surface area contributed by atoms with Crippen LogP contribution in [0.4, 0.5) is 5.69 Å². The first-order chi connectivity index (χ1) is 12.6. The maximum atomic E-state index is 12.4. The second-order valence-corrected chi connectivity index (χ2v) is 7.15. The second kappa shape index (κ2) is 6.65. The molecule has 0 bridgehead atoms. The Morgan fingerprint density at radius 2 is 1.88 bits per heavy atom. The molecule has 0 unspecified atom stereocenters. The Morgan fingerprint density at radius 3 is 2.65 bits per heavy atom. The second-order valence-electron chi connectivity index (χ2n) is 6.29. The van der Waals surface area contributed by atoms with E-state index < -0.39 is 0 Å². The third-order valence-electron chi connectivity index (χ3n) is 4.85. The van der Waals surface area contributed by atoms with E-state index in [1.807, 2.05) is 30.3 Å². The summed E-state index contributed by atoms with van der Waals surface area (Å²) in [6.45, 7) is 0. The molecule has 4 rings (SSSR count). The lowest BCUT2D eigenvalue weighted by Crippen LogP contribution is -2.23. The molecule has 26 heavy (non-hydrogen) atoms. The Bertz CT molecular complexity index is 1020. The van der Waals surface area contributed by atoms with Gasteiger partial charge in [-0.2, -0.15) is 0 Å². The number of anilines is 1. The van der Waals surface area contributed by atoms with E-state index in [-0.39, 0.29) is 11.8 Å². The molecule has 0 saturated carbocycles. The molecule has 5 heteroatoms. The summed E-state index contributed by atoms with van der Waals surface area (Å²) in [5, 5.41) is 5.23. The number of fused-ring (bicyclic) bond motifs is 3. The third-order valence-corrected chi connectivity index (χ3v) is 5.44. The van der Waals surface area contributed by atoms with Gasteiger partial charge in [-0.3, -0.25) is 4.79 Å². The normalized spacial score (nSPS) is 16.1. The van der Waals surface area contributed by atoms with Crippen molar-refractivity contribution in [2.24, 2.45) is 0 Å². The van der Waals surface area contributed by atoms with E-state index in [0.717, 1.165) is 32.1 Å². The zero-order chi connectivity index (χ0) is 18.3. The van der Waals surface area contributed by atoms with E-state index in [9.17, 15) is 4.79 Å². The molecule has 132 valence electrons. The van der Waals surface area contributed by atoms with Crippen molar-refractivity contribution in [3.05, 3.63) is 64.1 Å². The SMILES string of the molecule is COc1cc([C@H]2CC(=O)Nc3c2ccc2ccccc32)cc(Br)c1OC. The molecule has 3 aromatic carbocycles. The van der Waals surface area contributed by atoms with Gasteiger partial charge < -0.3 is 14.8 Å². The number of amides is 1. The molecule has 1 aliphatic heterocycles. The topological polar surface area (TPSA) is 47.6 Å². The Balaban J connectivity index is 1.91. The van der Waals surface area contributed by atoms with E-state index >= 15 is 0 Å². The van der Waals surface area contributed by atoms with Gasteiger partial charge in [0.2, 0.25) is 5.91 Å². The van der Waals surface area contributed by atoms with Gasteiger partial charge in [-0.25, -0.2) is 0 Å². The number of rotatable bonds is 3. The summed E-state index contributed by atoms with van der Waals surface area (Å²) >= 11 is 3.55. The van der Waals surface area contributed by atoms with Crippen molar-refractivity contribution in [2.45, 2.75) is 12.3 Å². The monoisotopic (exact) mass is 411 g/mol. The minimum absolute atomic E-state index is 0.0183.